The molecule has 1 fully saturated rings. The molecule has 2 N–H and O–H groups in total. The third kappa shape index (κ3) is 1.72. The van der Waals surface area contributed by atoms with E-state index in [0.29, 0.717) is 19.1 Å². The van der Waals surface area contributed by atoms with E-state index in [1.807, 2.05) is 0 Å². The average molecular weight is 159 g/mol. The molecule has 1 aliphatic heterocycles. The van der Waals surface area contributed by atoms with Gasteiger partial charge in [0.05, 0.1) is 6.10 Å². The van der Waals surface area contributed by atoms with Crippen molar-refractivity contribution < 1.29 is 10.2 Å². The van der Waals surface area contributed by atoms with Crippen LogP contribution in [0.5, 0.6) is 0 Å². The Morgan fingerprint density at radius 3 is 2.27 bits per heavy atom. The Bertz CT molecular complexity index is 145. The SMILES string of the molecule is CC(C)N1CC(O)C(C)(O)C1. The van der Waals surface area contributed by atoms with Crippen LogP contribution in [0.3, 0.4) is 0 Å². The minimum Gasteiger partial charge on any atom is -0.389 e. The predicted octanol–water partition coefficient (Wildman–Crippen LogP) is -0.178. The molecular weight excluding hydrogens is 142 g/mol. The van der Waals surface area contributed by atoms with E-state index in [4.69, 9.17) is 0 Å². The van der Waals surface area contributed by atoms with Gasteiger partial charge in [-0.3, -0.25) is 4.90 Å². The number of hydrogen-bond acceptors (Lipinski definition) is 3. The number of nitrogens with zero attached hydrogens (tertiary/aromatic N) is 1. The van der Waals surface area contributed by atoms with Crippen LogP contribution in [0.25, 0.3) is 0 Å². The van der Waals surface area contributed by atoms with Crippen LogP contribution in [0.15, 0.2) is 0 Å². The van der Waals surface area contributed by atoms with Crippen LogP contribution < -0.4 is 0 Å². The summed E-state index contributed by atoms with van der Waals surface area (Å²) in [4.78, 5) is 2.07. The topological polar surface area (TPSA) is 43.7 Å². The zero-order valence-electron chi connectivity index (χ0n) is 7.41. The Kier molecular flexibility index (Phi) is 2.23. The molecule has 1 rings (SSSR count). The molecule has 11 heavy (non-hydrogen) atoms. The van der Waals surface area contributed by atoms with Crippen LogP contribution in [0, 0.1) is 0 Å². The lowest BCUT2D eigenvalue weighted by molar-refractivity contribution is -0.0258. The Labute approximate surface area is 67.6 Å². The van der Waals surface area contributed by atoms with Crippen LogP contribution in [0.2, 0.25) is 0 Å². The molecule has 0 radical (unpaired) electrons. The number of aliphatic hydroxyl groups excluding tert-OH is 1. The lowest BCUT2D eigenvalue weighted by atomic mass is 10.0. The van der Waals surface area contributed by atoms with E-state index in [9.17, 15) is 10.2 Å². The van der Waals surface area contributed by atoms with Crippen molar-refractivity contribution in [1.29, 1.82) is 0 Å². The smallest absolute Gasteiger partial charge is 0.102 e. The summed E-state index contributed by atoms with van der Waals surface area (Å²) in [6.45, 7) is 6.97. The molecule has 0 spiro atoms. The summed E-state index contributed by atoms with van der Waals surface area (Å²) in [5.41, 5.74) is -0.912. The third-order valence-corrected chi connectivity index (χ3v) is 2.38. The van der Waals surface area contributed by atoms with Gasteiger partial charge in [-0.25, -0.2) is 0 Å². The lowest BCUT2D eigenvalue weighted by Gasteiger charge is -2.21. The highest BCUT2D eigenvalue weighted by Crippen LogP contribution is 2.22. The second-order valence-corrected chi connectivity index (χ2v) is 3.90. The van der Waals surface area contributed by atoms with Crippen LogP contribution in [-0.4, -0.2) is 45.9 Å². The normalized spacial score (nSPS) is 40.4. The van der Waals surface area contributed by atoms with Gasteiger partial charge in [0.15, 0.2) is 0 Å². The van der Waals surface area contributed by atoms with Gasteiger partial charge in [0.1, 0.15) is 5.60 Å². The van der Waals surface area contributed by atoms with Gasteiger partial charge in [-0.05, 0) is 20.8 Å². The van der Waals surface area contributed by atoms with Crippen LogP contribution in [0.4, 0.5) is 0 Å². The van der Waals surface area contributed by atoms with E-state index < -0.39 is 11.7 Å². The van der Waals surface area contributed by atoms with Crippen molar-refractivity contribution in [2.24, 2.45) is 0 Å². The van der Waals surface area contributed by atoms with Crippen LogP contribution in [-0.2, 0) is 0 Å². The molecule has 1 heterocycles. The van der Waals surface area contributed by atoms with E-state index in [2.05, 4.69) is 18.7 Å². The van der Waals surface area contributed by atoms with Crippen molar-refractivity contribution in [3.8, 4) is 0 Å². The van der Waals surface area contributed by atoms with Gasteiger partial charge in [0.25, 0.3) is 0 Å². The Hall–Kier alpha value is -0.120. The highest BCUT2D eigenvalue weighted by atomic mass is 16.3. The number of likely N-dealkylation sites (tertiary alicyclic amines) is 1. The maximum Gasteiger partial charge on any atom is 0.102 e. The first-order valence-corrected chi connectivity index (χ1v) is 4.08. The van der Waals surface area contributed by atoms with E-state index in [1.54, 1.807) is 6.92 Å². The van der Waals surface area contributed by atoms with E-state index in [-0.39, 0.29) is 0 Å². The molecule has 2 unspecified atom stereocenters. The number of hydrogen-bond donors (Lipinski definition) is 2. The Balaban J connectivity index is 2.57. The minimum atomic E-state index is -0.912. The van der Waals surface area contributed by atoms with Gasteiger partial charge in [-0.2, -0.15) is 0 Å². The fourth-order valence-electron chi connectivity index (χ4n) is 1.39. The molecule has 0 aromatic rings. The van der Waals surface area contributed by atoms with Gasteiger partial charge in [0.2, 0.25) is 0 Å². The summed E-state index contributed by atoms with van der Waals surface area (Å²) in [5, 5.41) is 19.0. The number of rotatable bonds is 1. The molecule has 3 nitrogen and oxygen atoms in total. The van der Waals surface area contributed by atoms with Gasteiger partial charge in [-0.15, -0.1) is 0 Å². The molecule has 0 aromatic heterocycles. The van der Waals surface area contributed by atoms with Gasteiger partial charge >= 0.3 is 0 Å². The molecule has 0 amide bonds. The van der Waals surface area contributed by atoms with Gasteiger partial charge < -0.3 is 10.2 Å². The van der Waals surface area contributed by atoms with Crippen molar-refractivity contribution in [2.75, 3.05) is 13.1 Å². The molecule has 0 bridgehead atoms. The summed E-state index contributed by atoms with van der Waals surface area (Å²) in [6.07, 6.45) is -0.593. The Morgan fingerprint density at radius 1 is 1.55 bits per heavy atom. The maximum atomic E-state index is 9.59. The summed E-state index contributed by atoms with van der Waals surface area (Å²) < 4.78 is 0. The fraction of sp³-hybridized carbons (Fsp3) is 1.00. The zero-order chi connectivity index (χ0) is 8.65. The lowest BCUT2D eigenvalue weighted by Crippen LogP contribution is -2.38. The van der Waals surface area contributed by atoms with Crippen molar-refractivity contribution in [3.05, 3.63) is 0 Å². The molecule has 2 atom stereocenters. The van der Waals surface area contributed by atoms with E-state index in [1.165, 1.54) is 0 Å². The van der Waals surface area contributed by atoms with E-state index in [0.717, 1.165) is 0 Å². The standard InChI is InChI=1S/C8H17NO2/c1-6(2)9-4-7(10)8(3,11)5-9/h6-7,10-11H,4-5H2,1-3H3. The summed E-state index contributed by atoms with van der Waals surface area (Å²) in [5.74, 6) is 0. The van der Waals surface area contributed by atoms with Crippen molar-refractivity contribution in [3.63, 3.8) is 0 Å². The number of β-amino-alcohol motifs (C(OH)–C–C–N with tert-alkyl or cyclic N) is 2. The summed E-state index contributed by atoms with van der Waals surface area (Å²) in [7, 11) is 0. The first-order valence-electron chi connectivity index (χ1n) is 4.08. The molecule has 3 heteroatoms. The molecule has 66 valence electrons. The Morgan fingerprint density at radius 2 is 2.09 bits per heavy atom. The van der Waals surface area contributed by atoms with Gasteiger partial charge in [-0.1, -0.05) is 0 Å². The van der Waals surface area contributed by atoms with Crippen molar-refractivity contribution >= 4 is 0 Å². The molecule has 0 aromatic carbocycles. The van der Waals surface area contributed by atoms with E-state index >= 15 is 0 Å². The summed E-state index contributed by atoms with van der Waals surface area (Å²) in [6, 6.07) is 0.402. The first-order chi connectivity index (χ1) is 4.93. The first kappa shape index (κ1) is 8.97. The zero-order valence-corrected chi connectivity index (χ0v) is 7.41. The van der Waals surface area contributed by atoms with Crippen LogP contribution >= 0.6 is 0 Å². The maximum absolute atomic E-state index is 9.59. The largest absolute Gasteiger partial charge is 0.389 e. The predicted molar refractivity (Wildman–Crippen MR) is 43.3 cm³/mol. The average Bonchev–Trinajstić information content (AvgIpc) is 2.08. The quantitative estimate of drug-likeness (QED) is 0.558. The monoisotopic (exact) mass is 159 g/mol. The second kappa shape index (κ2) is 2.73. The molecule has 1 saturated heterocycles. The molecular formula is C8H17NO2. The van der Waals surface area contributed by atoms with Crippen LogP contribution in [0.1, 0.15) is 20.8 Å². The van der Waals surface area contributed by atoms with Gasteiger partial charge in [0, 0.05) is 19.1 Å². The highest BCUT2D eigenvalue weighted by Gasteiger charge is 2.40. The molecule has 1 aliphatic rings. The molecule has 0 aliphatic carbocycles. The number of aliphatic hydroxyl groups is 2. The van der Waals surface area contributed by atoms with Crippen molar-refractivity contribution in [1.82, 2.24) is 4.90 Å². The fourth-order valence-corrected chi connectivity index (χ4v) is 1.39. The van der Waals surface area contributed by atoms with Crippen molar-refractivity contribution in [2.45, 2.75) is 38.5 Å². The molecule has 0 saturated carbocycles. The second-order valence-electron chi connectivity index (χ2n) is 3.90. The summed E-state index contributed by atoms with van der Waals surface area (Å²) >= 11 is 0. The minimum absolute atomic E-state index is 0.402. The third-order valence-electron chi connectivity index (χ3n) is 2.38. The highest BCUT2D eigenvalue weighted by molar-refractivity contribution is 4.94.